The summed E-state index contributed by atoms with van der Waals surface area (Å²) >= 11 is 0. The van der Waals surface area contributed by atoms with E-state index in [1.54, 1.807) is 19.1 Å². The maximum atomic E-state index is 11.9. The van der Waals surface area contributed by atoms with Gasteiger partial charge in [-0.25, -0.2) is 4.79 Å². The van der Waals surface area contributed by atoms with Gasteiger partial charge in [0.2, 0.25) is 0 Å². The summed E-state index contributed by atoms with van der Waals surface area (Å²) in [5, 5.41) is 11.4. The molecule has 0 unspecified atom stereocenters. The highest BCUT2D eigenvalue weighted by Gasteiger charge is 2.11. The number of H-pyrrole nitrogens is 1. The number of carboxylic acids is 1. The van der Waals surface area contributed by atoms with E-state index in [-0.39, 0.29) is 11.1 Å². The normalized spacial score (nSPS) is 10.1. The molecular formula is C14H12N2O4. The van der Waals surface area contributed by atoms with Gasteiger partial charge in [0.05, 0.1) is 5.56 Å². The van der Waals surface area contributed by atoms with E-state index in [9.17, 15) is 14.4 Å². The van der Waals surface area contributed by atoms with Crippen LogP contribution < -0.4 is 10.9 Å². The molecule has 20 heavy (non-hydrogen) atoms. The molecule has 1 heterocycles. The molecule has 0 aliphatic heterocycles. The molecule has 3 N–H and O–H groups in total. The van der Waals surface area contributed by atoms with Gasteiger partial charge in [-0.2, -0.15) is 0 Å². The minimum atomic E-state index is -1.09. The number of aryl methyl sites for hydroxylation is 1. The van der Waals surface area contributed by atoms with Crippen LogP contribution in [0, 0.1) is 6.92 Å². The van der Waals surface area contributed by atoms with E-state index in [1.165, 1.54) is 24.3 Å². The van der Waals surface area contributed by atoms with Crippen molar-refractivity contribution in [3.8, 4) is 0 Å². The maximum Gasteiger partial charge on any atom is 0.335 e. The molecule has 0 saturated heterocycles. The first-order chi connectivity index (χ1) is 9.47. The maximum absolute atomic E-state index is 11.9. The first-order valence-electron chi connectivity index (χ1n) is 5.82. The highest BCUT2D eigenvalue weighted by molar-refractivity contribution is 6.04. The second-order valence-electron chi connectivity index (χ2n) is 4.22. The van der Waals surface area contributed by atoms with Crippen LogP contribution in [-0.4, -0.2) is 22.0 Å². The number of nitrogens with one attached hydrogen (secondary N) is 2. The van der Waals surface area contributed by atoms with Crippen LogP contribution in [0.25, 0.3) is 0 Å². The summed E-state index contributed by atoms with van der Waals surface area (Å²) in [7, 11) is 0. The molecule has 1 aromatic heterocycles. The summed E-state index contributed by atoms with van der Waals surface area (Å²) in [6, 6.07) is 8.83. The van der Waals surface area contributed by atoms with Crippen molar-refractivity contribution < 1.29 is 14.7 Å². The average Bonchev–Trinajstić information content (AvgIpc) is 2.38. The number of benzene rings is 1. The van der Waals surface area contributed by atoms with Crippen molar-refractivity contribution in [3.05, 3.63) is 63.6 Å². The lowest BCUT2D eigenvalue weighted by atomic mass is 10.2. The number of pyridine rings is 1. The minimum Gasteiger partial charge on any atom is -0.478 e. The van der Waals surface area contributed by atoms with Gasteiger partial charge in [0, 0.05) is 11.4 Å². The Labute approximate surface area is 114 Å². The monoisotopic (exact) mass is 272 g/mol. The molecule has 1 aromatic carbocycles. The fraction of sp³-hybridized carbons (Fsp3) is 0.0714. The van der Waals surface area contributed by atoms with Gasteiger partial charge in [-0.3, -0.25) is 9.59 Å². The van der Waals surface area contributed by atoms with Gasteiger partial charge in [0.1, 0.15) is 5.56 Å². The molecule has 0 aliphatic rings. The van der Waals surface area contributed by atoms with E-state index in [1.807, 2.05) is 0 Å². The Morgan fingerprint density at radius 3 is 2.60 bits per heavy atom. The van der Waals surface area contributed by atoms with E-state index >= 15 is 0 Å². The highest BCUT2D eigenvalue weighted by atomic mass is 16.4. The van der Waals surface area contributed by atoms with Gasteiger partial charge in [0.25, 0.3) is 11.5 Å². The summed E-state index contributed by atoms with van der Waals surface area (Å²) in [6.45, 7) is 1.71. The van der Waals surface area contributed by atoms with Crippen LogP contribution in [0.3, 0.4) is 0 Å². The van der Waals surface area contributed by atoms with Crippen molar-refractivity contribution in [2.75, 3.05) is 5.32 Å². The average molecular weight is 272 g/mol. The highest BCUT2D eigenvalue weighted by Crippen LogP contribution is 2.11. The zero-order valence-electron chi connectivity index (χ0n) is 10.6. The number of hydrogen-bond donors (Lipinski definition) is 3. The quantitative estimate of drug-likeness (QED) is 0.790. The van der Waals surface area contributed by atoms with E-state index < -0.39 is 17.4 Å². The number of carbonyl (C=O) groups excluding carboxylic acids is 1. The van der Waals surface area contributed by atoms with Gasteiger partial charge in [0.15, 0.2) is 0 Å². The van der Waals surface area contributed by atoms with Crippen molar-refractivity contribution >= 4 is 17.6 Å². The predicted molar refractivity (Wildman–Crippen MR) is 73.2 cm³/mol. The van der Waals surface area contributed by atoms with Gasteiger partial charge >= 0.3 is 5.97 Å². The number of hydrogen-bond acceptors (Lipinski definition) is 3. The fourth-order valence-corrected chi connectivity index (χ4v) is 1.68. The van der Waals surface area contributed by atoms with E-state index in [0.29, 0.717) is 11.4 Å². The predicted octanol–water partition coefficient (Wildman–Crippen LogP) is 1.63. The molecule has 0 spiro atoms. The Morgan fingerprint density at radius 1 is 1.20 bits per heavy atom. The third-order valence-electron chi connectivity index (χ3n) is 2.67. The second-order valence-corrected chi connectivity index (χ2v) is 4.22. The van der Waals surface area contributed by atoms with Crippen LogP contribution in [-0.2, 0) is 0 Å². The van der Waals surface area contributed by atoms with Crippen LogP contribution in [0.15, 0.2) is 41.2 Å². The molecule has 0 saturated carbocycles. The SMILES string of the molecule is Cc1ccc(C(=O)Nc2cccc(C(=O)O)c2)c(=O)[nH]1. The Balaban J connectivity index is 2.25. The second kappa shape index (κ2) is 5.40. The van der Waals surface area contributed by atoms with Gasteiger partial charge in [-0.05, 0) is 37.3 Å². The number of rotatable bonds is 3. The topological polar surface area (TPSA) is 99.3 Å². The van der Waals surface area contributed by atoms with Crippen LogP contribution >= 0.6 is 0 Å². The summed E-state index contributed by atoms with van der Waals surface area (Å²) < 4.78 is 0. The Bertz CT molecular complexity index is 734. The molecule has 1 amide bonds. The third kappa shape index (κ3) is 2.92. The van der Waals surface area contributed by atoms with Crippen LogP contribution in [0.2, 0.25) is 0 Å². The van der Waals surface area contributed by atoms with Crippen LogP contribution in [0.1, 0.15) is 26.4 Å². The number of anilines is 1. The molecule has 0 aliphatic carbocycles. The van der Waals surface area contributed by atoms with E-state index in [0.717, 1.165) is 0 Å². The van der Waals surface area contributed by atoms with Crippen molar-refractivity contribution in [3.63, 3.8) is 0 Å². The van der Waals surface area contributed by atoms with Crippen LogP contribution in [0.5, 0.6) is 0 Å². The summed E-state index contributed by atoms with van der Waals surface area (Å²) in [5.41, 5.74) is 0.503. The largest absolute Gasteiger partial charge is 0.478 e. The van der Waals surface area contributed by atoms with Gasteiger partial charge in [-0.1, -0.05) is 6.07 Å². The first kappa shape index (κ1) is 13.5. The molecule has 102 valence electrons. The molecule has 6 heteroatoms. The lowest BCUT2D eigenvalue weighted by molar-refractivity contribution is 0.0696. The zero-order chi connectivity index (χ0) is 14.7. The molecule has 6 nitrogen and oxygen atoms in total. The number of aromatic amines is 1. The zero-order valence-corrected chi connectivity index (χ0v) is 10.6. The number of carbonyl (C=O) groups is 2. The minimum absolute atomic E-state index is 0.0312. The van der Waals surface area contributed by atoms with Crippen LogP contribution in [0.4, 0.5) is 5.69 Å². The number of aromatic carboxylic acids is 1. The standard InChI is InChI=1S/C14H12N2O4/c1-8-5-6-11(12(17)15-8)13(18)16-10-4-2-3-9(7-10)14(19)20/h2-7H,1H3,(H,15,17)(H,16,18)(H,19,20). The van der Waals surface area contributed by atoms with Crippen molar-refractivity contribution in [2.45, 2.75) is 6.92 Å². The third-order valence-corrected chi connectivity index (χ3v) is 2.67. The van der Waals surface area contributed by atoms with Gasteiger partial charge in [-0.15, -0.1) is 0 Å². The van der Waals surface area contributed by atoms with Crippen molar-refractivity contribution in [1.82, 2.24) is 4.98 Å². The number of aromatic nitrogens is 1. The smallest absolute Gasteiger partial charge is 0.335 e. The molecule has 2 aromatic rings. The fourth-order valence-electron chi connectivity index (χ4n) is 1.68. The Kier molecular flexibility index (Phi) is 3.65. The first-order valence-corrected chi connectivity index (χ1v) is 5.82. The Hall–Kier alpha value is -2.89. The molecule has 2 rings (SSSR count). The van der Waals surface area contributed by atoms with E-state index in [2.05, 4.69) is 10.3 Å². The number of amides is 1. The molecule has 0 fully saturated rings. The Morgan fingerprint density at radius 2 is 1.95 bits per heavy atom. The lowest BCUT2D eigenvalue weighted by Crippen LogP contribution is -2.23. The lowest BCUT2D eigenvalue weighted by Gasteiger charge is -2.05. The molecular weight excluding hydrogens is 260 g/mol. The molecule has 0 atom stereocenters. The summed E-state index contributed by atoms with van der Waals surface area (Å²) in [5.74, 6) is -1.68. The van der Waals surface area contributed by atoms with Crippen molar-refractivity contribution in [2.24, 2.45) is 0 Å². The van der Waals surface area contributed by atoms with Crippen molar-refractivity contribution in [1.29, 1.82) is 0 Å². The molecule has 0 bridgehead atoms. The number of carboxylic acid groups (broad SMARTS) is 1. The molecule has 0 radical (unpaired) electrons. The summed E-state index contributed by atoms with van der Waals surface area (Å²) in [6.07, 6.45) is 0. The van der Waals surface area contributed by atoms with E-state index in [4.69, 9.17) is 5.11 Å². The summed E-state index contributed by atoms with van der Waals surface area (Å²) in [4.78, 5) is 36.9. The van der Waals surface area contributed by atoms with Gasteiger partial charge < -0.3 is 15.4 Å².